The number of nitrogens with zero attached hydrogens (tertiary/aromatic N) is 1. The quantitative estimate of drug-likeness (QED) is 0.928. The zero-order valence-electron chi connectivity index (χ0n) is 10.5. The lowest BCUT2D eigenvalue weighted by Gasteiger charge is -2.34. The molecule has 0 bridgehead atoms. The zero-order chi connectivity index (χ0) is 13.9. The number of hydrogen-bond acceptors (Lipinski definition) is 3. The van der Waals surface area contributed by atoms with Crippen LogP contribution in [0.4, 0.5) is 13.2 Å². The molecule has 0 aliphatic carbocycles. The highest BCUT2D eigenvalue weighted by Crippen LogP contribution is 2.31. The van der Waals surface area contributed by atoms with Crippen LogP contribution in [0.1, 0.15) is 17.2 Å². The number of hydrogen-bond donors (Lipinski definition) is 1. The van der Waals surface area contributed by atoms with Crippen LogP contribution in [0, 0.1) is 0 Å². The van der Waals surface area contributed by atoms with Crippen LogP contribution in [-0.4, -0.2) is 36.0 Å². The van der Waals surface area contributed by atoms with Crippen LogP contribution < -0.4 is 5.73 Å². The minimum absolute atomic E-state index is 0.0168. The van der Waals surface area contributed by atoms with Crippen molar-refractivity contribution in [3.05, 3.63) is 35.4 Å². The number of halogens is 3. The van der Waals surface area contributed by atoms with Gasteiger partial charge in [-0.3, -0.25) is 4.90 Å². The average Bonchev–Trinajstić information content (AvgIpc) is 2.40. The van der Waals surface area contributed by atoms with E-state index in [4.69, 9.17) is 5.73 Å². The molecule has 1 saturated heterocycles. The molecule has 2 N–H and O–H groups in total. The van der Waals surface area contributed by atoms with E-state index in [1.54, 1.807) is 12.1 Å². The third kappa shape index (κ3) is 3.64. The Morgan fingerprint density at radius 3 is 2.21 bits per heavy atom. The molecule has 1 unspecified atom stereocenters. The molecule has 1 atom stereocenters. The van der Waals surface area contributed by atoms with Crippen LogP contribution in [0.3, 0.4) is 0 Å². The largest absolute Gasteiger partial charge is 0.416 e. The maximum absolute atomic E-state index is 12.5. The lowest BCUT2D eigenvalue weighted by molar-refractivity contribution is -0.137. The van der Waals surface area contributed by atoms with E-state index in [1.165, 1.54) is 0 Å². The summed E-state index contributed by atoms with van der Waals surface area (Å²) in [6.45, 7) is 2.30. The Bertz CT molecular complexity index is 399. The van der Waals surface area contributed by atoms with E-state index < -0.39 is 11.7 Å². The highest BCUT2D eigenvalue weighted by Gasteiger charge is 2.30. The molecule has 0 radical (unpaired) electrons. The Hall–Kier alpha value is -0.720. The highest BCUT2D eigenvalue weighted by molar-refractivity contribution is 7.99. The fourth-order valence-electron chi connectivity index (χ4n) is 2.28. The van der Waals surface area contributed by atoms with Crippen molar-refractivity contribution < 1.29 is 13.2 Å². The minimum atomic E-state index is -4.28. The topological polar surface area (TPSA) is 29.3 Å². The summed E-state index contributed by atoms with van der Waals surface area (Å²) in [5, 5.41) is 0. The molecule has 0 amide bonds. The van der Waals surface area contributed by atoms with E-state index in [1.807, 2.05) is 11.8 Å². The van der Waals surface area contributed by atoms with Crippen molar-refractivity contribution in [3.63, 3.8) is 0 Å². The van der Waals surface area contributed by atoms with Gasteiger partial charge < -0.3 is 5.73 Å². The normalized spacial score (nSPS) is 19.4. The summed E-state index contributed by atoms with van der Waals surface area (Å²) in [6.07, 6.45) is -4.28. The van der Waals surface area contributed by atoms with Crippen LogP contribution >= 0.6 is 11.8 Å². The first kappa shape index (κ1) is 14.7. The molecule has 19 heavy (non-hydrogen) atoms. The lowest BCUT2D eigenvalue weighted by Crippen LogP contribution is -2.39. The summed E-state index contributed by atoms with van der Waals surface area (Å²) in [6, 6.07) is 5.38. The van der Waals surface area contributed by atoms with E-state index >= 15 is 0 Å². The highest BCUT2D eigenvalue weighted by atomic mass is 32.2. The van der Waals surface area contributed by atoms with E-state index in [0.717, 1.165) is 42.3 Å². The maximum atomic E-state index is 12.5. The van der Waals surface area contributed by atoms with Gasteiger partial charge in [-0.1, -0.05) is 12.1 Å². The number of benzene rings is 1. The van der Waals surface area contributed by atoms with Crippen LogP contribution in [0.5, 0.6) is 0 Å². The van der Waals surface area contributed by atoms with E-state index in [9.17, 15) is 13.2 Å². The van der Waals surface area contributed by atoms with E-state index in [-0.39, 0.29) is 6.04 Å². The van der Waals surface area contributed by atoms with Crippen molar-refractivity contribution in [1.82, 2.24) is 4.90 Å². The standard InChI is InChI=1S/C13H17F3N2S/c14-13(15,16)11-3-1-10(2-4-11)12(9-17)18-5-7-19-8-6-18/h1-4,12H,5-9,17H2. The third-order valence-corrected chi connectivity index (χ3v) is 4.27. The number of alkyl halides is 3. The first-order valence-corrected chi connectivity index (χ1v) is 7.37. The molecule has 1 aliphatic heterocycles. The van der Waals surface area contributed by atoms with Crippen molar-refractivity contribution in [3.8, 4) is 0 Å². The monoisotopic (exact) mass is 290 g/mol. The third-order valence-electron chi connectivity index (χ3n) is 3.33. The van der Waals surface area contributed by atoms with Crippen molar-refractivity contribution in [2.24, 2.45) is 5.73 Å². The second-order valence-corrected chi connectivity index (χ2v) is 5.74. The van der Waals surface area contributed by atoms with Crippen LogP contribution in [0.15, 0.2) is 24.3 Å². The summed E-state index contributed by atoms with van der Waals surface area (Å²) < 4.78 is 37.6. The summed E-state index contributed by atoms with van der Waals surface area (Å²) in [5.74, 6) is 2.11. The smallest absolute Gasteiger partial charge is 0.329 e. The van der Waals surface area contributed by atoms with Gasteiger partial charge in [0.25, 0.3) is 0 Å². The van der Waals surface area contributed by atoms with E-state index in [2.05, 4.69) is 4.90 Å². The summed E-state index contributed by atoms with van der Waals surface area (Å²) in [4.78, 5) is 2.25. The van der Waals surface area contributed by atoms with Crippen molar-refractivity contribution in [1.29, 1.82) is 0 Å². The fourth-order valence-corrected chi connectivity index (χ4v) is 3.21. The predicted molar refractivity (Wildman–Crippen MR) is 72.1 cm³/mol. The van der Waals surface area contributed by atoms with Gasteiger partial charge in [-0.15, -0.1) is 0 Å². The number of thioether (sulfide) groups is 1. The molecule has 2 nitrogen and oxygen atoms in total. The molecule has 1 fully saturated rings. The van der Waals surface area contributed by atoms with Crippen molar-refractivity contribution in [2.75, 3.05) is 31.1 Å². The summed E-state index contributed by atoms with van der Waals surface area (Å²) in [7, 11) is 0. The molecule has 2 rings (SSSR count). The molecule has 0 saturated carbocycles. The molecular weight excluding hydrogens is 273 g/mol. The average molecular weight is 290 g/mol. The van der Waals surface area contributed by atoms with Gasteiger partial charge in [0, 0.05) is 37.2 Å². The molecular formula is C13H17F3N2S. The molecule has 0 aromatic heterocycles. The number of rotatable bonds is 3. The first-order chi connectivity index (χ1) is 9.02. The lowest BCUT2D eigenvalue weighted by atomic mass is 10.0. The van der Waals surface area contributed by atoms with Gasteiger partial charge in [0.05, 0.1) is 5.56 Å². The molecule has 1 aliphatic rings. The molecule has 1 aromatic carbocycles. The Morgan fingerprint density at radius 2 is 1.74 bits per heavy atom. The Kier molecular flexibility index (Phi) is 4.76. The molecule has 1 aromatic rings. The molecule has 0 spiro atoms. The van der Waals surface area contributed by atoms with Crippen LogP contribution in [0.25, 0.3) is 0 Å². The van der Waals surface area contributed by atoms with E-state index in [0.29, 0.717) is 6.54 Å². The Morgan fingerprint density at radius 1 is 1.16 bits per heavy atom. The first-order valence-electron chi connectivity index (χ1n) is 6.21. The maximum Gasteiger partial charge on any atom is 0.416 e. The minimum Gasteiger partial charge on any atom is -0.329 e. The van der Waals surface area contributed by atoms with Gasteiger partial charge in [-0.05, 0) is 17.7 Å². The molecule has 6 heteroatoms. The summed E-state index contributed by atoms with van der Waals surface area (Å²) >= 11 is 1.90. The van der Waals surface area contributed by atoms with Gasteiger partial charge in [0.1, 0.15) is 0 Å². The Balaban J connectivity index is 2.14. The van der Waals surface area contributed by atoms with Gasteiger partial charge in [-0.25, -0.2) is 0 Å². The van der Waals surface area contributed by atoms with Gasteiger partial charge in [-0.2, -0.15) is 24.9 Å². The number of nitrogens with two attached hydrogens (primary N) is 1. The molecule has 106 valence electrons. The van der Waals surface area contributed by atoms with Crippen molar-refractivity contribution in [2.45, 2.75) is 12.2 Å². The zero-order valence-corrected chi connectivity index (χ0v) is 11.3. The summed E-state index contributed by atoms with van der Waals surface area (Å²) in [5.41, 5.74) is 6.04. The van der Waals surface area contributed by atoms with Crippen molar-refractivity contribution >= 4 is 11.8 Å². The second kappa shape index (κ2) is 6.15. The van der Waals surface area contributed by atoms with Gasteiger partial charge >= 0.3 is 6.18 Å². The predicted octanol–water partition coefficient (Wildman–Crippen LogP) is 2.75. The second-order valence-electron chi connectivity index (χ2n) is 4.52. The fraction of sp³-hybridized carbons (Fsp3) is 0.538. The SMILES string of the molecule is NCC(c1ccc(C(F)(F)F)cc1)N1CCSCC1. The van der Waals surface area contributed by atoms with Crippen LogP contribution in [0.2, 0.25) is 0 Å². The molecule has 1 heterocycles. The van der Waals surface area contributed by atoms with Crippen LogP contribution in [-0.2, 0) is 6.18 Å². The Labute approximate surface area is 115 Å². The van der Waals surface area contributed by atoms with Gasteiger partial charge in [0.2, 0.25) is 0 Å². The van der Waals surface area contributed by atoms with Gasteiger partial charge in [0.15, 0.2) is 0 Å².